The number of benzene rings is 1. The topological polar surface area (TPSA) is 36.4 Å². The Labute approximate surface area is 172 Å². The summed E-state index contributed by atoms with van der Waals surface area (Å²) in [5.74, 6) is 0. The summed E-state index contributed by atoms with van der Waals surface area (Å²) in [5.41, 5.74) is 3.83. The fourth-order valence-corrected chi connectivity index (χ4v) is 5.21. The van der Waals surface area contributed by atoms with Crippen LogP contribution in [-0.2, 0) is 12.5 Å². The first-order chi connectivity index (χ1) is 13.1. The fraction of sp³-hybridized carbons (Fsp3) is 0.500. The van der Waals surface area contributed by atoms with E-state index in [1.807, 2.05) is 17.9 Å². The molecule has 1 aromatic heterocycles. The highest BCUT2D eigenvalue weighted by molar-refractivity contribution is 7.13. The smallest absolute Gasteiger partial charge is 0.209 e. The number of aryl methyl sites for hydroxylation is 1. The van der Waals surface area contributed by atoms with Crippen LogP contribution < -0.4 is 9.70 Å². The minimum atomic E-state index is -0.0372. The molecule has 5 nitrogen and oxygen atoms in total. The second-order valence-corrected chi connectivity index (χ2v) is 9.35. The highest BCUT2D eigenvalue weighted by atomic mass is 32.1. The number of hydrogen-bond donors (Lipinski definition) is 0. The Kier molecular flexibility index (Phi) is 5.62. The molecule has 2 aromatic rings. The van der Waals surface area contributed by atoms with Crippen molar-refractivity contribution in [2.45, 2.75) is 59.0 Å². The summed E-state index contributed by atoms with van der Waals surface area (Å²) in [5, 5.41) is 5.71. The number of anilines is 1. The van der Waals surface area contributed by atoms with Gasteiger partial charge in [0.15, 0.2) is 5.71 Å². The molecule has 150 valence electrons. The van der Waals surface area contributed by atoms with Crippen molar-refractivity contribution >= 4 is 27.9 Å². The van der Waals surface area contributed by atoms with E-state index in [0.29, 0.717) is 12.1 Å². The summed E-state index contributed by atoms with van der Waals surface area (Å²) in [6.07, 6.45) is 4.04. The third-order valence-electron chi connectivity index (χ3n) is 5.39. The average molecular weight is 399 g/mol. The van der Waals surface area contributed by atoms with Crippen LogP contribution in [0.15, 0.2) is 41.5 Å². The third-order valence-corrected chi connectivity index (χ3v) is 6.41. The predicted molar refractivity (Wildman–Crippen MR) is 119 cm³/mol. The van der Waals surface area contributed by atoms with E-state index in [0.717, 1.165) is 9.93 Å². The van der Waals surface area contributed by atoms with E-state index in [1.165, 1.54) is 17.0 Å². The first-order valence-corrected chi connectivity index (χ1v) is 10.7. The number of para-hydroxylation sites is 1. The van der Waals surface area contributed by atoms with Crippen LogP contribution in [0.25, 0.3) is 0 Å². The SMILES string of the molecule is CC(C)N(c1nn(C)/c(=N\C=C\C2=[N+](C)c3ccccc3C2(C)C)s1)C(C)C. The van der Waals surface area contributed by atoms with E-state index in [4.69, 9.17) is 10.1 Å². The van der Waals surface area contributed by atoms with Crippen molar-refractivity contribution in [1.29, 1.82) is 0 Å². The predicted octanol–water partition coefficient (Wildman–Crippen LogP) is 4.23. The quantitative estimate of drug-likeness (QED) is 0.707. The van der Waals surface area contributed by atoms with Crippen molar-refractivity contribution < 1.29 is 4.58 Å². The molecular formula is C22H32N5S+. The second-order valence-electron chi connectivity index (χ2n) is 8.42. The van der Waals surface area contributed by atoms with Crippen LogP contribution in [0.2, 0.25) is 0 Å². The van der Waals surface area contributed by atoms with Gasteiger partial charge in [0, 0.05) is 43.0 Å². The van der Waals surface area contributed by atoms with Crippen molar-refractivity contribution in [1.82, 2.24) is 9.78 Å². The van der Waals surface area contributed by atoms with Gasteiger partial charge in [0.05, 0.1) is 5.41 Å². The van der Waals surface area contributed by atoms with Crippen LogP contribution in [0.3, 0.4) is 0 Å². The molecule has 0 bridgehead atoms. The zero-order valence-electron chi connectivity index (χ0n) is 18.3. The summed E-state index contributed by atoms with van der Waals surface area (Å²) < 4.78 is 4.13. The number of aromatic nitrogens is 2. The lowest BCUT2D eigenvalue weighted by Crippen LogP contribution is -2.37. The zero-order chi connectivity index (χ0) is 20.6. The molecule has 2 heterocycles. The van der Waals surface area contributed by atoms with Gasteiger partial charge in [0.25, 0.3) is 0 Å². The lowest BCUT2D eigenvalue weighted by molar-refractivity contribution is -0.401. The molecule has 0 saturated carbocycles. The van der Waals surface area contributed by atoms with Crippen LogP contribution in [-0.4, -0.2) is 39.2 Å². The van der Waals surface area contributed by atoms with Crippen molar-refractivity contribution in [2.24, 2.45) is 12.0 Å². The van der Waals surface area contributed by atoms with Crippen LogP contribution in [0.4, 0.5) is 10.8 Å². The minimum absolute atomic E-state index is 0.0372. The number of rotatable bonds is 5. The molecule has 28 heavy (non-hydrogen) atoms. The largest absolute Gasteiger partial charge is 0.342 e. The lowest BCUT2D eigenvalue weighted by atomic mass is 9.81. The third kappa shape index (κ3) is 3.58. The first kappa shape index (κ1) is 20.5. The van der Waals surface area contributed by atoms with Crippen LogP contribution in [0.1, 0.15) is 47.1 Å². The summed E-state index contributed by atoms with van der Waals surface area (Å²) >= 11 is 1.63. The molecular weight excluding hydrogens is 366 g/mol. The molecule has 1 aliphatic rings. The van der Waals surface area contributed by atoms with E-state index in [-0.39, 0.29) is 5.41 Å². The number of nitrogens with zero attached hydrogens (tertiary/aromatic N) is 5. The molecule has 0 saturated heterocycles. The zero-order valence-corrected chi connectivity index (χ0v) is 19.1. The molecule has 0 atom stereocenters. The van der Waals surface area contributed by atoms with Crippen LogP contribution in [0, 0.1) is 0 Å². The van der Waals surface area contributed by atoms with Crippen molar-refractivity contribution in [2.75, 3.05) is 11.9 Å². The van der Waals surface area contributed by atoms with Gasteiger partial charge in [-0.3, -0.25) is 0 Å². The van der Waals surface area contributed by atoms with Gasteiger partial charge in [-0.2, -0.15) is 4.58 Å². The molecule has 1 aromatic carbocycles. The molecule has 0 unspecified atom stereocenters. The van der Waals surface area contributed by atoms with Gasteiger partial charge in [0.1, 0.15) is 7.05 Å². The summed E-state index contributed by atoms with van der Waals surface area (Å²) in [7, 11) is 4.08. The van der Waals surface area contributed by atoms with Gasteiger partial charge < -0.3 is 4.90 Å². The lowest BCUT2D eigenvalue weighted by Gasteiger charge is -2.29. The van der Waals surface area contributed by atoms with E-state index in [1.54, 1.807) is 11.3 Å². The van der Waals surface area contributed by atoms with Gasteiger partial charge >= 0.3 is 0 Å². The number of allylic oxidation sites excluding steroid dienone is 1. The maximum Gasteiger partial charge on any atom is 0.209 e. The maximum absolute atomic E-state index is 4.72. The second kappa shape index (κ2) is 7.66. The summed E-state index contributed by atoms with van der Waals surface area (Å²) in [6.45, 7) is 13.3. The van der Waals surface area contributed by atoms with E-state index < -0.39 is 0 Å². The van der Waals surface area contributed by atoms with Gasteiger partial charge in [0.2, 0.25) is 15.6 Å². The highest BCUT2D eigenvalue weighted by Crippen LogP contribution is 2.38. The molecule has 0 amide bonds. The van der Waals surface area contributed by atoms with E-state index in [2.05, 4.69) is 88.4 Å². The van der Waals surface area contributed by atoms with E-state index in [9.17, 15) is 0 Å². The highest BCUT2D eigenvalue weighted by Gasteiger charge is 2.42. The van der Waals surface area contributed by atoms with Crippen molar-refractivity contribution in [3.05, 3.63) is 46.9 Å². The fourth-order valence-electron chi connectivity index (χ4n) is 4.06. The van der Waals surface area contributed by atoms with Crippen molar-refractivity contribution in [3.63, 3.8) is 0 Å². The Bertz CT molecular complexity index is 980. The molecule has 0 spiro atoms. The Morgan fingerprint density at radius 1 is 1.18 bits per heavy atom. The summed E-state index contributed by atoms with van der Waals surface area (Å²) in [6, 6.07) is 9.40. The number of fused-ring (bicyclic) bond motifs is 1. The Balaban J connectivity index is 1.93. The Morgan fingerprint density at radius 2 is 1.82 bits per heavy atom. The standard InChI is InChI=1S/C22H32N5S/c1-15(2)27(16(3)4)21-24-26(8)20(28-21)23-14-13-19-22(5,6)17-11-9-10-12-18(17)25(19)7/h9-16H,1-8H3/q+1. The molecule has 0 fully saturated rings. The normalized spacial score (nSPS) is 16.7. The van der Waals surface area contributed by atoms with Gasteiger partial charge in [-0.1, -0.05) is 29.5 Å². The molecule has 3 rings (SSSR count). The first-order valence-electron chi connectivity index (χ1n) is 9.88. The van der Waals surface area contributed by atoms with E-state index >= 15 is 0 Å². The monoisotopic (exact) mass is 398 g/mol. The molecule has 0 N–H and O–H groups in total. The minimum Gasteiger partial charge on any atom is -0.342 e. The van der Waals surface area contributed by atoms with Gasteiger partial charge in [-0.05, 0) is 41.5 Å². The maximum atomic E-state index is 4.72. The Hall–Kier alpha value is -2.21. The van der Waals surface area contributed by atoms with Crippen molar-refractivity contribution in [3.8, 4) is 0 Å². The molecule has 6 heteroatoms. The number of hydrogen-bond acceptors (Lipinski definition) is 4. The van der Waals surface area contributed by atoms with Gasteiger partial charge in [-0.15, -0.1) is 5.10 Å². The average Bonchev–Trinajstić information content (AvgIpc) is 3.05. The van der Waals surface area contributed by atoms with Crippen LogP contribution >= 0.6 is 11.3 Å². The molecule has 1 aliphatic heterocycles. The summed E-state index contributed by atoms with van der Waals surface area (Å²) in [4.78, 5) is 7.94. The van der Waals surface area contributed by atoms with Crippen LogP contribution in [0.5, 0.6) is 0 Å². The molecule has 0 aliphatic carbocycles. The van der Waals surface area contributed by atoms with Gasteiger partial charge in [-0.25, -0.2) is 9.67 Å². The molecule has 0 radical (unpaired) electrons. The Morgan fingerprint density at radius 3 is 2.43 bits per heavy atom.